The lowest BCUT2D eigenvalue weighted by Gasteiger charge is -2.47. The van der Waals surface area contributed by atoms with Gasteiger partial charge in [0, 0.05) is 0 Å². The molecule has 3 nitrogen and oxygen atoms in total. The van der Waals surface area contributed by atoms with Crippen LogP contribution in [0, 0.1) is 5.41 Å². The highest BCUT2D eigenvalue weighted by Gasteiger charge is 2.43. The summed E-state index contributed by atoms with van der Waals surface area (Å²) in [6.45, 7) is 0.972. The van der Waals surface area contributed by atoms with Crippen LogP contribution in [0.3, 0.4) is 0 Å². The van der Waals surface area contributed by atoms with Gasteiger partial charge in [0.1, 0.15) is 6.04 Å². The predicted molar refractivity (Wildman–Crippen MR) is 56.6 cm³/mol. The van der Waals surface area contributed by atoms with E-state index in [1.54, 1.807) is 0 Å². The van der Waals surface area contributed by atoms with Gasteiger partial charge in [0.15, 0.2) is 0 Å². The number of rotatable bonds is 1. The first kappa shape index (κ1) is 11.8. The molecule has 2 rings (SSSR count). The molecule has 2 fully saturated rings. The van der Waals surface area contributed by atoms with Crippen molar-refractivity contribution in [3.63, 3.8) is 0 Å². The first-order valence-corrected chi connectivity index (χ1v) is 5.07. The van der Waals surface area contributed by atoms with E-state index in [1.165, 1.54) is 32.8 Å². The minimum Gasteiger partial charge on any atom is -0.468 e. The van der Waals surface area contributed by atoms with Crippen molar-refractivity contribution in [3.05, 3.63) is 0 Å². The second-order valence-corrected chi connectivity index (χ2v) is 4.34. The standard InChI is InChI=1S/C10H17NO2.ClH/c1-13-9(12)8-7-10(3-2-4-10)5-6-11-8;/h8,11H,2-7H2,1H3;1H. The molecule has 1 atom stereocenters. The summed E-state index contributed by atoms with van der Waals surface area (Å²) in [5.41, 5.74) is 0.490. The van der Waals surface area contributed by atoms with Crippen molar-refractivity contribution in [2.45, 2.75) is 38.1 Å². The van der Waals surface area contributed by atoms with E-state index in [0.717, 1.165) is 13.0 Å². The highest BCUT2D eigenvalue weighted by molar-refractivity contribution is 5.85. The minimum absolute atomic E-state index is 0. The van der Waals surface area contributed by atoms with Crippen molar-refractivity contribution in [2.24, 2.45) is 5.41 Å². The average Bonchev–Trinajstić information content (AvgIpc) is 2.14. The van der Waals surface area contributed by atoms with E-state index >= 15 is 0 Å². The first-order valence-electron chi connectivity index (χ1n) is 5.07. The molecule has 1 saturated carbocycles. The van der Waals surface area contributed by atoms with Gasteiger partial charge in [-0.1, -0.05) is 6.42 Å². The van der Waals surface area contributed by atoms with Gasteiger partial charge in [0.05, 0.1) is 7.11 Å². The van der Waals surface area contributed by atoms with Crippen molar-refractivity contribution >= 4 is 18.4 Å². The molecule has 1 N–H and O–H groups in total. The summed E-state index contributed by atoms with van der Waals surface area (Å²) in [7, 11) is 1.46. The SMILES string of the molecule is COC(=O)C1CC2(CCC2)CCN1.Cl. The van der Waals surface area contributed by atoms with Gasteiger partial charge >= 0.3 is 5.97 Å². The number of nitrogens with one attached hydrogen (secondary N) is 1. The van der Waals surface area contributed by atoms with Gasteiger partial charge in [0.25, 0.3) is 0 Å². The topological polar surface area (TPSA) is 38.3 Å². The van der Waals surface area contributed by atoms with Crippen LogP contribution in [0.2, 0.25) is 0 Å². The van der Waals surface area contributed by atoms with Gasteiger partial charge in [-0.15, -0.1) is 12.4 Å². The lowest BCUT2D eigenvalue weighted by atomic mass is 9.62. The highest BCUT2D eigenvalue weighted by atomic mass is 35.5. The predicted octanol–water partition coefficient (Wildman–Crippen LogP) is 1.50. The number of piperidine rings is 1. The van der Waals surface area contributed by atoms with Crippen LogP contribution in [0.4, 0.5) is 0 Å². The van der Waals surface area contributed by atoms with Crippen LogP contribution in [-0.2, 0) is 9.53 Å². The molecular formula is C10H18ClNO2. The number of ether oxygens (including phenoxy) is 1. The third kappa shape index (κ3) is 2.04. The number of halogens is 1. The molecule has 82 valence electrons. The second kappa shape index (κ2) is 4.49. The molecule has 0 aromatic carbocycles. The van der Waals surface area contributed by atoms with Crippen LogP contribution in [-0.4, -0.2) is 25.7 Å². The Labute approximate surface area is 91.0 Å². The van der Waals surface area contributed by atoms with E-state index in [9.17, 15) is 4.79 Å². The van der Waals surface area contributed by atoms with Crippen molar-refractivity contribution < 1.29 is 9.53 Å². The number of hydrogen-bond donors (Lipinski definition) is 1. The van der Waals surface area contributed by atoms with Crippen molar-refractivity contribution in [1.29, 1.82) is 0 Å². The van der Waals surface area contributed by atoms with Crippen LogP contribution in [0.5, 0.6) is 0 Å². The van der Waals surface area contributed by atoms with E-state index in [0.29, 0.717) is 5.41 Å². The molecule has 0 aromatic rings. The van der Waals surface area contributed by atoms with Crippen LogP contribution in [0.25, 0.3) is 0 Å². The van der Waals surface area contributed by atoms with E-state index in [2.05, 4.69) is 5.32 Å². The molecule has 2 aliphatic rings. The highest BCUT2D eigenvalue weighted by Crippen LogP contribution is 2.48. The lowest BCUT2D eigenvalue weighted by molar-refractivity contribution is -0.145. The summed E-state index contributed by atoms with van der Waals surface area (Å²) in [5.74, 6) is -0.0917. The summed E-state index contributed by atoms with van der Waals surface area (Å²) in [5, 5.41) is 3.22. The Hall–Kier alpha value is -0.280. The zero-order valence-corrected chi connectivity index (χ0v) is 9.36. The summed E-state index contributed by atoms with van der Waals surface area (Å²) in [6, 6.07) is -0.0425. The summed E-state index contributed by atoms with van der Waals surface area (Å²) < 4.78 is 4.75. The molecular weight excluding hydrogens is 202 g/mol. The Balaban J connectivity index is 0.000000980. The summed E-state index contributed by atoms with van der Waals surface area (Å²) in [4.78, 5) is 11.3. The second-order valence-electron chi connectivity index (χ2n) is 4.34. The Morgan fingerprint density at radius 3 is 2.64 bits per heavy atom. The van der Waals surface area contributed by atoms with Gasteiger partial charge in [-0.2, -0.15) is 0 Å². The maximum absolute atomic E-state index is 11.3. The monoisotopic (exact) mass is 219 g/mol. The molecule has 1 heterocycles. The van der Waals surface area contributed by atoms with Crippen LogP contribution >= 0.6 is 12.4 Å². The number of carbonyl (C=O) groups excluding carboxylic acids is 1. The van der Waals surface area contributed by atoms with E-state index in [1.807, 2.05) is 0 Å². The number of carbonyl (C=O) groups is 1. The fourth-order valence-corrected chi connectivity index (χ4v) is 2.56. The first-order chi connectivity index (χ1) is 6.26. The molecule has 0 radical (unpaired) electrons. The third-order valence-corrected chi connectivity index (χ3v) is 3.58. The van der Waals surface area contributed by atoms with Gasteiger partial charge in [-0.05, 0) is 37.6 Å². The van der Waals surface area contributed by atoms with Crippen LogP contribution in [0.1, 0.15) is 32.1 Å². The van der Waals surface area contributed by atoms with E-state index in [-0.39, 0.29) is 24.4 Å². The molecule has 0 amide bonds. The number of hydrogen-bond acceptors (Lipinski definition) is 3. The Morgan fingerprint density at radius 1 is 1.43 bits per heavy atom. The number of methoxy groups -OCH3 is 1. The lowest BCUT2D eigenvalue weighted by Crippen LogP contribution is -2.50. The molecule has 0 bridgehead atoms. The van der Waals surface area contributed by atoms with E-state index in [4.69, 9.17) is 4.74 Å². The molecule has 1 aliphatic heterocycles. The average molecular weight is 220 g/mol. The van der Waals surface area contributed by atoms with Crippen LogP contribution < -0.4 is 5.32 Å². The Bertz CT molecular complexity index is 216. The minimum atomic E-state index is -0.0917. The van der Waals surface area contributed by atoms with Gasteiger partial charge in [0.2, 0.25) is 0 Å². The molecule has 1 saturated heterocycles. The molecule has 4 heteroatoms. The van der Waals surface area contributed by atoms with Gasteiger partial charge < -0.3 is 10.1 Å². The Morgan fingerprint density at radius 2 is 2.14 bits per heavy atom. The molecule has 1 unspecified atom stereocenters. The fraction of sp³-hybridized carbons (Fsp3) is 0.900. The molecule has 14 heavy (non-hydrogen) atoms. The van der Waals surface area contributed by atoms with Crippen molar-refractivity contribution in [1.82, 2.24) is 5.32 Å². The molecule has 1 aliphatic carbocycles. The molecule has 0 aromatic heterocycles. The number of esters is 1. The largest absolute Gasteiger partial charge is 0.468 e. The van der Waals surface area contributed by atoms with Crippen molar-refractivity contribution in [2.75, 3.05) is 13.7 Å². The maximum atomic E-state index is 11.3. The van der Waals surface area contributed by atoms with Gasteiger partial charge in [-0.25, -0.2) is 0 Å². The maximum Gasteiger partial charge on any atom is 0.322 e. The summed E-state index contributed by atoms with van der Waals surface area (Å²) >= 11 is 0. The van der Waals surface area contributed by atoms with Gasteiger partial charge in [-0.3, -0.25) is 4.79 Å². The zero-order valence-electron chi connectivity index (χ0n) is 8.54. The summed E-state index contributed by atoms with van der Waals surface area (Å²) in [6.07, 6.45) is 6.18. The molecule has 1 spiro atoms. The normalized spacial score (nSPS) is 28.8. The Kier molecular flexibility index (Phi) is 3.78. The smallest absolute Gasteiger partial charge is 0.322 e. The zero-order chi connectivity index (χ0) is 9.31. The third-order valence-electron chi connectivity index (χ3n) is 3.58. The quantitative estimate of drug-likeness (QED) is 0.680. The fourth-order valence-electron chi connectivity index (χ4n) is 2.56. The van der Waals surface area contributed by atoms with Crippen molar-refractivity contribution in [3.8, 4) is 0 Å². The van der Waals surface area contributed by atoms with E-state index < -0.39 is 0 Å². The van der Waals surface area contributed by atoms with Crippen LogP contribution in [0.15, 0.2) is 0 Å².